The van der Waals surface area contributed by atoms with Crippen molar-refractivity contribution in [1.82, 2.24) is 4.98 Å². The highest BCUT2D eigenvalue weighted by molar-refractivity contribution is 5.81. The average molecular weight is 213 g/mol. The number of hydrogen-bond acceptors (Lipinski definition) is 2. The Bertz CT molecular complexity index is 538. The minimum absolute atomic E-state index is 0.686. The van der Waals surface area contributed by atoms with E-state index in [2.05, 4.69) is 11.6 Å². The monoisotopic (exact) mass is 213 g/mol. The van der Waals surface area contributed by atoms with Crippen molar-refractivity contribution in [3.63, 3.8) is 0 Å². The van der Waals surface area contributed by atoms with E-state index in [0.717, 1.165) is 16.5 Å². The summed E-state index contributed by atoms with van der Waals surface area (Å²) in [6.07, 6.45) is 1.81. The van der Waals surface area contributed by atoms with Gasteiger partial charge in [0.15, 0.2) is 0 Å². The third kappa shape index (κ3) is 1.97. The van der Waals surface area contributed by atoms with E-state index < -0.39 is 5.60 Å². The van der Waals surface area contributed by atoms with Gasteiger partial charge in [0.25, 0.3) is 0 Å². The lowest BCUT2D eigenvalue weighted by Gasteiger charge is -2.16. The summed E-state index contributed by atoms with van der Waals surface area (Å²) < 4.78 is 0. The fraction of sp³-hybridized carbons (Fsp3) is 0.214. The van der Waals surface area contributed by atoms with Crippen LogP contribution in [0.25, 0.3) is 17.0 Å². The highest BCUT2D eigenvalue weighted by Crippen LogP contribution is 2.21. The molecule has 1 aromatic heterocycles. The predicted molar refractivity (Wildman–Crippen MR) is 67.1 cm³/mol. The van der Waals surface area contributed by atoms with Crippen LogP contribution in [-0.4, -0.2) is 10.1 Å². The Morgan fingerprint density at radius 2 is 2.00 bits per heavy atom. The van der Waals surface area contributed by atoms with Crippen LogP contribution in [0.4, 0.5) is 0 Å². The molecule has 1 N–H and O–H groups in total. The van der Waals surface area contributed by atoms with Crippen molar-refractivity contribution < 1.29 is 5.11 Å². The van der Waals surface area contributed by atoms with Crippen LogP contribution in [0.2, 0.25) is 0 Å². The topological polar surface area (TPSA) is 33.1 Å². The maximum atomic E-state index is 9.87. The van der Waals surface area contributed by atoms with Gasteiger partial charge in [-0.25, -0.2) is 4.98 Å². The molecule has 1 heterocycles. The molecule has 0 aliphatic carbocycles. The van der Waals surface area contributed by atoms with E-state index in [1.165, 1.54) is 0 Å². The number of benzene rings is 1. The van der Waals surface area contributed by atoms with E-state index in [-0.39, 0.29) is 0 Å². The van der Waals surface area contributed by atoms with Crippen molar-refractivity contribution in [2.24, 2.45) is 0 Å². The van der Waals surface area contributed by atoms with Gasteiger partial charge < -0.3 is 5.11 Å². The molecule has 0 bridgehead atoms. The Morgan fingerprint density at radius 3 is 2.62 bits per heavy atom. The summed E-state index contributed by atoms with van der Waals surface area (Å²) in [5, 5.41) is 10.9. The highest BCUT2D eigenvalue weighted by atomic mass is 16.3. The lowest BCUT2D eigenvalue weighted by atomic mass is 10.0. The smallest absolute Gasteiger partial charge is 0.101 e. The Kier molecular flexibility index (Phi) is 2.52. The summed E-state index contributed by atoms with van der Waals surface area (Å²) in [7, 11) is 0. The zero-order valence-electron chi connectivity index (χ0n) is 9.57. The summed E-state index contributed by atoms with van der Waals surface area (Å²) >= 11 is 0. The minimum atomic E-state index is -0.898. The van der Waals surface area contributed by atoms with Gasteiger partial charge in [-0.2, -0.15) is 0 Å². The molecule has 16 heavy (non-hydrogen) atoms. The molecular weight excluding hydrogens is 198 g/mol. The molecule has 0 radical (unpaired) electrons. The number of aliphatic hydroxyl groups is 1. The molecule has 0 aliphatic rings. The molecule has 0 unspecified atom stereocenters. The fourth-order valence-electron chi connectivity index (χ4n) is 1.61. The van der Waals surface area contributed by atoms with Crippen LogP contribution in [0.15, 0.2) is 36.9 Å². The van der Waals surface area contributed by atoms with Crippen molar-refractivity contribution >= 4 is 17.0 Å². The quantitative estimate of drug-likeness (QED) is 0.831. The Labute approximate surface area is 95.3 Å². The number of aromatic nitrogens is 1. The standard InChI is InChI=1S/C14H15NO/c1-4-10-5-7-12-11(9-10)6-8-13(15-12)14(2,3)16/h4-9,16H,1H2,2-3H3. The van der Waals surface area contributed by atoms with Crippen molar-refractivity contribution in [3.8, 4) is 0 Å². The van der Waals surface area contributed by atoms with Gasteiger partial charge in [0.05, 0.1) is 11.2 Å². The van der Waals surface area contributed by atoms with Crippen molar-refractivity contribution in [1.29, 1.82) is 0 Å². The molecule has 0 atom stereocenters. The second kappa shape index (κ2) is 3.72. The first kappa shape index (κ1) is 10.8. The second-order valence-electron chi connectivity index (χ2n) is 4.41. The number of pyridine rings is 1. The van der Waals surface area contributed by atoms with E-state index in [1.54, 1.807) is 13.8 Å². The fourth-order valence-corrected chi connectivity index (χ4v) is 1.61. The zero-order chi connectivity index (χ0) is 11.8. The molecule has 0 spiro atoms. The van der Waals surface area contributed by atoms with Crippen LogP contribution >= 0.6 is 0 Å². The molecule has 82 valence electrons. The van der Waals surface area contributed by atoms with E-state index in [4.69, 9.17) is 0 Å². The van der Waals surface area contributed by atoms with E-state index >= 15 is 0 Å². The van der Waals surface area contributed by atoms with E-state index in [1.807, 2.05) is 36.4 Å². The normalized spacial score (nSPS) is 11.7. The summed E-state index contributed by atoms with van der Waals surface area (Å²) in [6.45, 7) is 7.20. The molecule has 0 saturated heterocycles. The van der Waals surface area contributed by atoms with Gasteiger partial charge in [-0.15, -0.1) is 0 Å². The molecule has 0 saturated carbocycles. The number of nitrogens with zero attached hydrogens (tertiary/aromatic N) is 1. The van der Waals surface area contributed by atoms with Gasteiger partial charge in [0.2, 0.25) is 0 Å². The van der Waals surface area contributed by atoms with Crippen LogP contribution < -0.4 is 0 Å². The molecule has 1 aromatic carbocycles. The van der Waals surface area contributed by atoms with E-state index in [0.29, 0.717) is 5.69 Å². The van der Waals surface area contributed by atoms with Crippen molar-refractivity contribution in [3.05, 3.63) is 48.2 Å². The third-order valence-electron chi connectivity index (χ3n) is 2.58. The first-order valence-electron chi connectivity index (χ1n) is 5.27. The number of rotatable bonds is 2. The van der Waals surface area contributed by atoms with Crippen LogP contribution in [0.3, 0.4) is 0 Å². The number of hydrogen-bond donors (Lipinski definition) is 1. The summed E-state index contributed by atoms with van der Waals surface area (Å²) in [5.74, 6) is 0. The first-order chi connectivity index (χ1) is 7.50. The number of fused-ring (bicyclic) bond motifs is 1. The SMILES string of the molecule is C=Cc1ccc2nc(C(C)(C)O)ccc2c1. The summed E-state index contributed by atoms with van der Waals surface area (Å²) in [6, 6.07) is 9.78. The van der Waals surface area contributed by atoms with Crippen LogP contribution in [0.5, 0.6) is 0 Å². The Balaban J connectivity index is 2.60. The molecule has 0 fully saturated rings. The lowest BCUT2D eigenvalue weighted by Crippen LogP contribution is -2.17. The Hall–Kier alpha value is -1.67. The van der Waals surface area contributed by atoms with Gasteiger partial charge in [-0.1, -0.05) is 24.8 Å². The second-order valence-corrected chi connectivity index (χ2v) is 4.41. The average Bonchev–Trinajstić information content (AvgIpc) is 2.26. The predicted octanol–water partition coefficient (Wildman–Crippen LogP) is 3.11. The molecule has 2 nitrogen and oxygen atoms in total. The summed E-state index contributed by atoms with van der Waals surface area (Å²) in [5.41, 5.74) is 1.76. The van der Waals surface area contributed by atoms with Crippen LogP contribution in [0, 0.1) is 0 Å². The molecule has 0 amide bonds. The summed E-state index contributed by atoms with van der Waals surface area (Å²) in [4.78, 5) is 4.44. The lowest BCUT2D eigenvalue weighted by molar-refractivity contribution is 0.0742. The Morgan fingerprint density at radius 1 is 1.25 bits per heavy atom. The highest BCUT2D eigenvalue weighted by Gasteiger charge is 2.17. The van der Waals surface area contributed by atoms with Gasteiger partial charge >= 0.3 is 0 Å². The maximum absolute atomic E-state index is 9.87. The zero-order valence-corrected chi connectivity index (χ0v) is 9.57. The van der Waals surface area contributed by atoms with Gasteiger partial charge in [-0.3, -0.25) is 0 Å². The van der Waals surface area contributed by atoms with Gasteiger partial charge in [-0.05, 0) is 37.6 Å². The van der Waals surface area contributed by atoms with Crippen LogP contribution in [0.1, 0.15) is 25.1 Å². The molecule has 2 aromatic rings. The molecular formula is C14H15NO. The molecule has 2 rings (SSSR count). The van der Waals surface area contributed by atoms with Crippen molar-refractivity contribution in [2.45, 2.75) is 19.4 Å². The molecule has 2 heteroatoms. The minimum Gasteiger partial charge on any atom is -0.384 e. The first-order valence-corrected chi connectivity index (χ1v) is 5.27. The molecule has 0 aliphatic heterocycles. The van der Waals surface area contributed by atoms with Gasteiger partial charge in [0.1, 0.15) is 5.60 Å². The largest absolute Gasteiger partial charge is 0.384 e. The van der Waals surface area contributed by atoms with Gasteiger partial charge in [0, 0.05) is 5.39 Å². The maximum Gasteiger partial charge on any atom is 0.101 e. The van der Waals surface area contributed by atoms with E-state index in [9.17, 15) is 5.11 Å². The third-order valence-corrected chi connectivity index (χ3v) is 2.58. The van der Waals surface area contributed by atoms with Crippen LogP contribution in [-0.2, 0) is 5.60 Å². The van der Waals surface area contributed by atoms with Crippen molar-refractivity contribution in [2.75, 3.05) is 0 Å².